The summed E-state index contributed by atoms with van der Waals surface area (Å²) in [5, 5.41) is 20.7. The van der Waals surface area contributed by atoms with E-state index >= 15 is 0 Å². The van der Waals surface area contributed by atoms with Crippen molar-refractivity contribution in [2.45, 2.75) is 19.8 Å². The fourth-order valence-electron chi connectivity index (χ4n) is 2.01. The predicted molar refractivity (Wildman–Crippen MR) is 66.7 cm³/mol. The lowest BCUT2D eigenvalue weighted by Crippen LogP contribution is -2.02. The third kappa shape index (κ3) is 1.84. The number of hydrogen-bond acceptors (Lipinski definition) is 2. The van der Waals surface area contributed by atoms with Gasteiger partial charge in [0.25, 0.3) is 0 Å². The second kappa shape index (κ2) is 4.09. The van der Waals surface area contributed by atoms with E-state index in [1.54, 1.807) is 12.1 Å². The van der Waals surface area contributed by atoms with Crippen LogP contribution in [0.2, 0.25) is 0 Å². The van der Waals surface area contributed by atoms with E-state index in [-0.39, 0.29) is 17.2 Å². The molecule has 2 aromatic carbocycles. The summed E-state index contributed by atoms with van der Waals surface area (Å²) in [6.45, 7) is 3.85. The number of fused-ring (bicyclic) bond motifs is 1. The van der Waals surface area contributed by atoms with Gasteiger partial charge in [-0.1, -0.05) is 38.1 Å². The Balaban J connectivity index is 2.90. The van der Waals surface area contributed by atoms with Gasteiger partial charge < -0.3 is 10.2 Å². The number of benzene rings is 2. The minimum Gasteiger partial charge on any atom is -0.507 e. The molecule has 2 aromatic rings. The molecule has 2 rings (SSSR count). The number of carboxylic acids is 1. The number of hydrogen-bond donors (Lipinski definition) is 2. The van der Waals surface area contributed by atoms with Crippen LogP contribution in [0.5, 0.6) is 5.75 Å². The first-order valence-corrected chi connectivity index (χ1v) is 5.50. The topological polar surface area (TPSA) is 57.5 Å². The molecule has 0 atom stereocenters. The van der Waals surface area contributed by atoms with Gasteiger partial charge >= 0.3 is 5.97 Å². The minimum atomic E-state index is -1.10. The Labute approximate surface area is 99.3 Å². The number of carboxylic acid groups (broad SMARTS) is 1. The molecule has 0 unspecified atom stereocenters. The van der Waals surface area contributed by atoms with Gasteiger partial charge in [-0.15, -0.1) is 0 Å². The van der Waals surface area contributed by atoms with E-state index in [9.17, 15) is 15.0 Å². The van der Waals surface area contributed by atoms with Crippen molar-refractivity contribution < 1.29 is 15.0 Å². The molecule has 0 aliphatic heterocycles. The lowest BCUT2D eigenvalue weighted by Gasteiger charge is -2.13. The highest BCUT2D eigenvalue weighted by molar-refractivity contribution is 6.06. The van der Waals surface area contributed by atoms with E-state index in [2.05, 4.69) is 0 Å². The highest BCUT2D eigenvalue weighted by Gasteiger charge is 2.19. The molecule has 88 valence electrons. The van der Waals surface area contributed by atoms with Gasteiger partial charge in [0.05, 0.1) is 0 Å². The molecule has 0 amide bonds. The van der Waals surface area contributed by atoms with Gasteiger partial charge in [0.15, 0.2) is 0 Å². The van der Waals surface area contributed by atoms with E-state index in [1.165, 1.54) is 0 Å². The molecule has 0 aromatic heterocycles. The van der Waals surface area contributed by atoms with Gasteiger partial charge in [0.1, 0.15) is 11.3 Å². The number of aromatic hydroxyl groups is 1. The molecule has 0 saturated heterocycles. The standard InChI is InChI=1S/C14H14O3/c1-8(2)11-7-9-5-3-4-6-10(9)12(13(11)15)14(16)17/h3-8,15H,1-2H3,(H,16,17). The van der Waals surface area contributed by atoms with Crippen molar-refractivity contribution >= 4 is 16.7 Å². The van der Waals surface area contributed by atoms with Crippen LogP contribution in [0.15, 0.2) is 30.3 Å². The van der Waals surface area contributed by atoms with Crippen LogP contribution < -0.4 is 0 Å². The molecular formula is C14H14O3. The van der Waals surface area contributed by atoms with Crippen LogP contribution in [0.3, 0.4) is 0 Å². The van der Waals surface area contributed by atoms with Gasteiger partial charge in [0.2, 0.25) is 0 Å². The third-order valence-corrected chi connectivity index (χ3v) is 2.89. The van der Waals surface area contributed by atoms with E-state index in [0.717, 1.165) is 5.39 Å². The molecule has 3 nitrogen and oxygen atoms in total. The Morgan fingerprint density at radius 2 is 1.88 bits per heavy atom. The number of aromatic carboxylic acids is 1. The van der Waals surface area contributed by atoms with Gasteiger partial charge in [0, 0.05) is 0 Å². The van der Waals surface area contributed by atoms with Crippen LogP contribution in [-0.4, -0.2) is 16.2 Å². The Bertz CT molecular complexity index is 585. The zero-order chi connectivity index (χ0) is 12.6. The molecular weight excluding hydrogens is 216 g/mol. The molecule has 3 heteroatoms. The van der Waals surface area contributed by atoms with E-state index in [4.69, 9.17) is 0 Å². The quantitative estimate of drug-likeness (QED) is 0.831. The second-order valence-electron chi connectivity index (χ2n) is 4.37. The summed E-state index contributed by atoms with van der Waals surface area (Å²) in [6, 6.07) is 9.04. The third-order valence-electron chi connectivity index (χ3n) is 2.89. The number of rotatable bonds is 2. The molecule has 17 heavy (non-hydrogen) atoms. The molecule has 0 spiro atoms. The lowest BCUT2D eigenvalue weighted by atomic mass is 9.93. The van der Waals surface area contributed by atoms with Crippen LogP contribution in [0, 0.1) is 0 Å². The summed E-state index contributed by atoms with van der Waals surface area (Å²) < 4.78 is 0. The molecule has 0 radical (unpaired) electrons. The average Bonchev–Trinajstić information content (AvgIpc) is 2.27. The second-order valence-corrected chi connectivity index (χ2v) is 4.37. The monoisotopic (exact) mass is 230 g/mol. The SMILES string of the molecule is CC(C)c1cc2ccccc2c(C(=O)O)c1O. The van der Waals surface area contributed by atoms with Crippen molar-refractivity contribution in [3.8, 4) is 5.75 Å². The van der Waals surface area contributed by atoms with Crippen molar-refractivity contribution in [1.82, 2.24) is 0 Å². The maximum absolute atomic E-state index is 11.3. The predicted octanol–water partition coefficient (Wildman–Crippen LogP) is 3.37. The van der Waals surface area contributed by atoms with Crippen molar-refractivity contribution in [1.29, 1.82) is 0 Å². The Hall–Kier alpha value is -2.03. The molecule has 0 saturated carbocycles. The first kappa shape index (κ1) is 11.5. The largest absolute Gasteiger partial charge is 0.507 e. The maximum atomic E-state index is 11.3. The molecule has 0 fully saturated rings. The van der Waals surface area contributed by atoms with Gasteiger partial charge in [-0.2, -0.15) is 0 Å². The zero-order valence-electron chi connectivity index (χ0n) is 9.77. The molecule has 0 aliphatic rings. The maximum Gasteiger partial charge on any atom is 0.340 e. The fourth-order valence-corrected chi connectivity index (χ4v) is 2.01. The number of phenols is 1. The zero-order valence-corrected chi connectivity index (χ0v) is 9.77. The van der Waals surface area contributed by atoms with E-state index in [1.807, 2.05) is 32.0 Å². The molecule has 0 aliphatic carbocycles. The lowest BCUT2D eigenvalue weighted by molar-refractivity contribution is 0.0696. The average molecular weight is 230 g/mol. The van der Waals surface area contributed by atoms with E-state index < -0.39 is 5.97 Å². The van der Waals surface area contributed by atoms with Crippen molar-refractivity contribution in [3.63, 3.8) is 0 Å². The van der Waals surface area contributed by atoms with Crippen LogP contribution in [0.4, 0.5) is 0 Å². The number of carbonyl (C=O) groups is 1. The Morgan fingerprint density at radius 1 is 1.24 bits per heavy atom. The molecule has 0 bridgehead atoms. The van der Waals surface area contributed by atoms with Crippen LogP contribution in [0.25, 0.3) is 10.8 Å². The minimum absolute atomic E-state index is 0.00759. The smallest absolute Gasteiger partial charge is 0.340 e. The summed E-state index contributed by atoms with van der Waals surface area (Å²) in [4.78, 5) is 11.3. The first-order chi connectivity index (χ1) is 8.02. The normalized spacial score (nSPS) is 11.0. The molecule has 2 N–H and O–H groups in total. The van der Waals surface area contributed by atoms with Gasteiger partial charge in [-0.3, -0.25) is 0 Å². The van der Waals surface area contributed by atoms with Crippen molar-refractivity contribution in [2.24, 2.45) is 0 Å². The van der Waals surface area contributed by atoms with Crippen molar-refractivity contribution in [2.75, 3.05) is 0 Å². The first-order valence-electron chi connectivity index (χ1n) is 5.50. The summed E-state index contributed by atoms with van der Waals surface area (Å²) in [7, 11) is 0. The Kier molecular flexibility index (Phi) is 2.76. The van der Waals surface area contributed by atoms with Crippen LogP contribution in [0.1, 0.15) is 35.7 Å². The highest BCUT2D eigenvalue weighted by Crippen LogP contribution is 2.35. The summed E-state index contributed by atoms with van der Waals surface area (Å²) >= 11 is 0. The molecule has 0 heterocycles. The fraction of sp³-hybridized carbons (Fsp3) is 0.214. The van der Waals surface area contributed by atoms with Crippen LogP contribution in [-0.2, 0) is 0 Å². The van der Waals surface area contributed by atoms with Crippen LogP contribution >= 0.6 is 0 Å². The van der Waals surface area contributed by atoms with Gasteiger partial charge in [-0.05, 0) is 28.3 Å². The Morgan fingerprint density at radius 3 is 2.47 bits per heavy atom. The summed E-state index contributed by atoms with van der Waals surface area (Å²) in [6.07, 6.45) is 0. The highest BCUT2D eigenvalue weighted by atomic mass is 16.4. The van der Waals surface area contributed by atoms with E-state index in [0.29, 0.717) is 10.9 Å². The van der Waals surface area contributed by atoms with Crippen molar-refractivity contribution in [3.05, 3.63) is 41.5 Å². The summed E-state index contributed by atoms with van der Waals surface area (Å²) in [5.74, 6) is -1.13. The summed E-state index contributed by atoms with van der Waals surface area (Å²) in [5.41, 5.74) is 0.660. The van der Waals surface area contributed by atoms with Gasteiger partial charge in [-0.25, -0.2) is 4.79 Å².